The molecule has 0 saturated carbocycles. The number of nitrogens with zero attached hydrogens (tertiary/aromatic N) is 3. The number of rotatable bonds is 4. The van der Waals surface area contributed by atoms with Crippen molar-refractivity contribution in [2.75, 3.05) is 26.7 Å². The van der Waals surface area contributed by atoms with E-state index in [2.05, 4.69) is 21.4 Å². The van der Waals surface area contributed by atoms with Gasteiger partial charge in [-0.1, -0.05) is 18.2 Å². The zero-order valence-electron chi connectivity index (χ0n) is 15.3. The van der Waals surface area contributed by atoms with Gasteiger partial charge >= 0.3 is 0 Å². The second-order valence-corrected chi connectivity index (χ2v) is 6.43. The minimum Gasteiger partial charge on any atom is -0.391 e. The van der Waals surface area contributed by atoms with E-state index in [1.54, 1.807) is 11.8 Å². The first kappa shape index (κ1) is 17.9. The quantitative estimate of drug-likeness (QED) is 0.645. The van der Waals surface area contributed by atoms with Gasteiger partial charge in [0, 0.05) is 51.0 Å². The average Bonchev–Trinajstić information content (AvgIpc) is 2.68. The highest BCUT2D eigenvalue weighted by molar-refractivity contribution is 6.10. The Bertz CT molecular complexity index is 802. The van der Waals surface area contributed by atoms with E-state index in [9.17, 15) is 4.79 Å². The van der Waals surface area contributed by atoms with Crippen molar-refractivity contribution < 1.29 is 4.79 Å². The van der Waals surface area contributed by atoms with E-state index in [1.165, 1.54) is 0 Å². The van der Waals surface area contributed by atoms with E-state index in [0.29, 0.717) is 18.9 Å². The van der Waals surface area contributed by atoms with Gasteiger partial charge in [-0.25, -0.2) is 4.99 Å². The Morgan fingerprint density at radius 2 is 2.08 bits per heavy atom. The van der Waals surface area contributed by atoms with Gasteiger partial charge in [0.2, 0.25) is 5.91 Å². The summed E-state index contributed by atoms with van der Waals surface area (Å²) in [6, 6.07) is 7.98. The molecule has 1 aromatic carbocycles. The summed E-state index contributed by atoms with van der Waals surface area (Å²) in [6.45, 7) is 3.63. The summed E-state index contributed by atoms with van der Waals surface area (Å²) in [7, 11) is 1.88. The Morgan fingerprint density at radius 1 is 1.31 bits per heavy atom. The maximum absolute atomic E-state index is 11.7. The predicted octanol–water partition coefficient (Wildman–Crippen LogP) is 2.26. The van der Waals surface area contributed by atoms with Crippen LogP contribution in [-0.2, 0) is 4.79 Å². The van der Waals surface area contributed by atoms with Crippen molar-refractivity contribution >= 4 is 29.2 Å². The topological polar surface area (TPSA) is 83.1 Å². The molecule has 6 nitrogen and oxygen atoms in total. The highest BCUT2D eigenvalue weighted by Gasteiger charge is 2.22. The molecule has 0 fully saturated rings. The van der Waals surface area contributed by atoms with Crippen molar-refractivity contribution in [2.45, 2.75) is 19.8 Å². The van der Waals surface area contributed by atoms with E-state index in [0.717, 1.165) is 47.5 Å². The molecule has 0 radical (unpaired) electrons. The van der Waals surface area contributed by atoms with Gasteiger partial charge in [0.05, 0.1) is 12.2 Å². The van der Waals surface area contributed by atoms with E-state index < -0.39 is 0 Å². The van der Waals surface area contributed by atoms with Crippen molar-refractivity contribution in [3.8, 4) is 0 Å². The number of dihydropyridines is 1. The minimum absolute atomic E-state index is 0.0530. The van der Waals surface area contributed by atoms with Crippen LogP contribution in [0.15, 0.2) is 51.6 Å². The number of hydrogen-bond donors (Lipinski definition) is 2. The lowest BCUT2D eigenvalue weighted by molar-refractivity contribution is -0.128. The van der Waals surface area contributed by atoms with Crippen molar-refractivity contribution in [2.24, 2.45) is 15.7 Å². The molecule has 3 rings (SSSR count). The Kier molecular flexibility index (Phi) is 5.51. The third-order valence-electron chi connectivity index (χ3n) is 4.70. The fourth-order valence-corrected chi connectivity index (χ4v) is 3.18. The molecule has 0 unspecified atom stereocenters. The first-order chi connectivity index (χ1) is 12.6. The first-order valence-corrected chi connectivity index (χ1v) is 8.88. The van der Waals surface area contributed by atoms with E-state index in [1.807, 2.05) is 37.5 Å². The standard InChI is InChI=1S/C20H25N5O/c1-14(26)25-11-9-19(22-2)18(13-25)20(21)24-17-7-5-15(6-8-17)16-4-3-10-23-12-16/h4-8,12,22H,3,9-11,13H2,1-2H3,(H2,21,24). The molecule has 0 spiro atoms. The number of amidine groups is 1. The van der Waals surface area contributed by atoms with E-state index in [-0.39, 0.29) is 5.91 Å². The molecule has 2 aliphatic heterocycles. The minimum atomic E-state index is 0.0530. The summed E-state index contributed by atoms with van der Waals surface area (Å²) in [6.07, 6.45) is 5.85. The molecule has 136 valence electrons. The zero-order valence-corrected chi connectivity index (χ0v) is 15.3. The number of nitrogens with one attached hydrogen (secondary N) is 1. The Hall–Kier alpha value is -2.89. The molecule has 3 N–H and O–H groups in total. The molecule has 0 atom stereocenters. The van der Waals surface area contributed by atoms with E-state index >= 15 is 0 Å². The summed E-state index contributed by atoms with van der Waals surface area (Å²) in [4.78, 5) is 22.4. The van der Waals surface area contributed by atoms with Crippen LogP contribution in [0, 0.1) is 0 Å². The number of amides is 1. The lowest BCUT2D eigenvalue weighted by Crippen LogP contribution is -2.40. The van der Waals surface area contributed by atoms with Crippen LogP contribution in [0.5, 0.6) is 0 Å². The lowest BCUT2D eigenvalue weighted by atomic mass is 10.0. The highest BCUT2D eigenvalue weighted by atomic mass is 16.2. The van der Waals surface area contributed by atoms with Crippen LogP contribution in [0.2, 0.25) is 0 Å². The summed E-state index contributed by atoms with van der Waals surface area (Å²) in [5.74, 6) is 0.503. The number of benzene rings is 1. The lowest BCUT2D eigenvalue weighted by Gasteiger charge is -2.29. The Morgan fingerprint density at radius 3 is 2.69 bits per heavy atom. The third kappa shape index (κ3) is 4.02. The summed E-state index contributed by atoms with van der Waals surface area (Å²) in [5.41, 5.74) is 11.3. The normalized spacial score (nSPS) is 18.0. The van der Waals surface area contributed by atoms with Gasteiger partial charge in [0.25, 0.3) is 0 Å². The molecule has 0 bridgehead atoms. The van der Waals surface area contributed by atoms with Crippen LogP contribution < -0.4 is 11.1 Å². The fourth-order valence-electron chi connectivity index (χ4n) is 3.18. The zero-order chi connectivity index (χ0) is 18.5. The predicted molar refractivity (Wildman–Crippen MR) is 107 cm³/mol. The smallest absolute Gasteiger partial charge is 0.219 e. The largest absolute Gasteiger partial charge is 0.391 e. The van der Waals surface area contributed by atoms with Gasteiger partial charge in [-0.05, 0) is 29.7 Å². The molecule has 0 aromatic heterocycles. The van der Waals surface area contributed by atoms with Crippen molar-refractivity contribution in [1.29, 1.82) is 0 Å². The molecule has 2 heterocycles. The number of allylic oxidation sites excluding steroid dienone is 1. The summed E-state index contributed by atoms with van der Waals surface area (Å²) >= 11 is 0. The van der Waals surface area contributed by atoms with Gasteiger partial charge in [0.15, 0.2) is 0 Å². The number of carbonyl (C=O) groups is 1. The Balaban J connectivity index is 1.81. The van der Waals surface area contributed by atoms with Crippen LogP contribution in [0.25, 0.3) is 5.57 Å². The van der Waals surface area contributed by atoms with Crippen molar-refractivity contribution in [3.05, 3.63) is 47.2 Å². The van der Waals surface area contributed by atoms with Crippen LogP contribution in [-0.4, -0.2) is 49.5 Å². The van der Waals surface area contributed by atoms with Gasteiger partial charge in [0.1, 0.15) is 5.84 Å². The van der Waals surface area contributed by atoms with Gasteiger partial charge in [-0.3, -0.25) is 9.79 Å². The highest BCUT2D eigenvalue weighted by Crippen LogP contribution is 2.22. The molecule has 6 heteroatoms. The summed E-state index contributed by atoms with van der Waals surface area (Å²) in [5, 5.41) is 3.19. The van der Waals surface area contributed by atoms with Crippen LogP contribution in [0.4, 0.5) is 5.69 Å². The monoisotopic (exact) mass is 351 g/mol. The van der Waals surface area contributed by atoms with E-state index in [4.69, 9.17) is 5.73 Å². The Labute approximate surface area is 154 Å². The van der Waals surface area contributed by atoms with Crippen LogP contribution >= 0.6 is 0 Å². The molecule has 26 heavy (non-hydrogen) atoms. The number of carbonyl (C=O) groups excluding carboxylic acids is 1. The molecule has 1 amide bonds. The maximum atomic E-state index is 11.7. The van der Waals surface area contributed by atoms with Gasteiger partial charge in [-0.2, -0.15) is 0 Å². The first-order valence-electron chi connectivity index (χ1n) is 8.88. The molecule has 1 aromatic rings. The van der Waals surface area contributed by atoms with Gasteiger partial charge < -0.3 is 16.0 Å². The fraction of sp³-hybridized carbons (Fsp3) is 0.350. The number of nitrogens with two attached hydrogens (primary N) is 1. The van der Waals surface area contributed by atoms with Gasteiger partial charge in [-0.15, -0.1) is 0 Å². The number of hydrogen-bond acceptors (Lipinski definition) is 4. The SMILES string of the molecule is CNC1=C(C(N)=Nc2ccc(C3=CCCN=C3)cc2)CN(C(C)=O)CC1. The van der Waals surface area contributed by atoms with Crippen LogP contribution in [0.3, 0.4) is 0 Å². The molecule has 0 saturated heterocycles. The number of aliphatic imine (C=N–C) groups is 2. The second kappa shape index (κ2) is 7.99. The molecule has 0 aliphatic carbocycles. The molecular weight excluding hydrogens is 326 g/mol. The average molecular weight is 351 g/mol. The van der Waals surface area contributed by atoms with Crippen molar-refractivity contribution in [1.82, 2.24) is 10.2 Å². The molecular formula is C20H25N5O. The van der Waals surface area contributed by atoms with Crippen molar-refractivity contribution in [3.63, 3.8) is 0 Å². The third-order valence-corrected chi connectivity index (χ3v) is 4.70. The maximum Gasteiger partial charge on any atom is 0.219 e. The molecule has 2 aliphatic rings. The summed E-state index contributed by atoms with van der Waals surface area (Å²) < 4.78 is 0. The second-order valence-electron chi connectivity index (χ2n) is 6.43. The van der Waals surface area contributed by atoms with Crippen LogP contribution in [0.1, 0.15) is 25.3 Å².